The van der Waals surface area contributed by atoms with Gasteiger partial charge in [0.2, 0.25) is 0 Å². The first-order valence-electron chi connectivity index (χ1n) is 11.0. The van der Waals surface area contributed by atoms with Gasteiger partial charge in [0.05, 0.1) is 0 Å². The number of likely N-dealkylation sites (tertiary alicyclic amines) is 2. The molecule has 3 heterocycles. The lowest BCUT2D eigenvalue weighted by Crippen LogP contribution is -2.51. The van der Waals surface area contributed by atoms with Crippen LogP contribution in [0.15, 0.2) is 41.1 Å². The molecule has 1 saturated carbocycles. The first-order valence-corrected chi connectivity index (χ1v) is 12.0. The van der Waals surface area contributed by atoms with E-state index in [2.05, 4.69) is 26.6 Å². The van der Waals surface area contributed by atoms with Crippen molar-refractivity contribution in [3.8, 4) is 0 Å². The third-order valence-electron chi connectivity index (χ3n) is 7.38. The molecule has 2 aliphatic heterocycles. The number of hydrogen-bond acceptors (Lipinski definition) is 3. The Bertz CT molecular complexity index is 831. The highest BCUT2D eigenvalue weighted by Gasteiger charge is 2.48. The molecule has 1 aliphatic carbocycles. The summed E-state index contributed by atoms with van der Waals surface area (Å²) in [5.74, 6) is 0.661. The van der Waals surface area contributed by atoms with E-state index in [4.69, 9.17) is 0 Å². The van der Waals surface area contributed by atoms with Crippen LogP contribution in [-0.2, 0) is 0 Å². The number of amides is 1. The van der Waals surface area contributed by atoms with Crippen molar-refractivity contribution in [2.45, 2.75) is 56.5 Å². The number of rotatable bonds is 3. The zero-order valence-corrected chi connectivity index (χ0v) is 17.6. The van der Waals surface area contributed by atoms with Gasteiger partial charge in [-0.3, -0.25) is 9.69 Å². The van der Waals surface area contributed by atoms with Crippen molar-refractivity contribution in [2.75, 3.05) is 19.6 Å². The number of carbonyl (C=O) groups excluding carboxylic acids is 1. The number of nitrogens with zero attached hydrogens (tertiary/aromatic N) is 2. The second-order valence-electron chi connectivity index (χ2n) is 8.93. The Hall–Kier alpha value is -1.72. The number of piperidine rings is 1. The van der Waals surface area contributed by atoms with Gasteiger partial charge in [0.25, 0.3) is 5.91 Å². The molecule has 1 aromatic carbocycles. The lowest BCUT2D eigenvalue weighted by molar-refractivity contribution is 0.0495. The molecule has 154 valence electrons. The van der Waals surface area contributed by atoms with Gasteiger partial charge in [-0.1, -0.05) is 19.3 Å². The molecule has 2 aromatic rings. The lowest BCUT2D eigenvalue weighted by atomic mass is 9.81. The summed E-state index contributed by atoms with van der Waals surface area (Å²) >= 11 is 1.74. The van der Waals surface area contributed by atoms with Crippen LogP contribution in [0.25, 0.3) is 0 Å². The van der Waals surface area contributed by atoms with E-state index in [1.54, 1.807) is 23.5 Å². The van der Waals surface area contributed by atoms with Crippen molar-refractivity contribution in [1.29, 1.82) is 0 Å². The molecule has 3 nitrogen and oxygen atoms in total. The SMILES string of the molecule is O=C(c1ccc(F)cc1)N1C[C@@H](c2ccsc2)[C@@H]2CN(C3CCCCC3)CC[C@@H]21. The number of hydrogen-bond donors (Lipinski definition) is 0. The van der Waals surface area contributed by atoms with Crippen molar-refractivity contribution < 1.29 is 9.18 Å². The van der Waals surface area contributed by atoms with Crippen LogP contribution in [0.1, 0.15) is 60.4 Å². The maximum Gasteiger partial charge on any atom is 0.254 e. The molecule has 3 aliphatic rings. The van der Waals surface area contributed by atoms with Crippen LogP contribution >= 0.6 is 11.3 Å². The molecule has 5 rings (SSSR count). The van der Waals surface area contributed by atoms with Gasteiger partial charge in [0.1, 0.15) is 5.82 Å². The molecule has 0 radical (unpaired) electrons. The minimum absolute atomic E-state index is 0.0591. The topological polar surface area (TPSA) is 23.6 Å². The van der Waals surface area contributed by atoms with Crippen LogP contribution < -0.4 is 0 Å². The first-order chi connectivity index (χ1) is 14.2. The second-order valence-corrected chi connectivity index (χ2v) is 9.71. The fourth-order valence-corrected chi connectivity index (χ4v) is 6.59. The maximum atomic E-state index is 13.3. The van der Waals surface area contributed by atoms with E-state index in [1.807, 2.05) is 0 Å². The molecule has 0 N–H and O–H groups in total. The van der Waals surface area contributed by atoms with Crippen LogP contribution in [0.2, 0.25) is 0 Å². The zero-order chi connectivity index (χ0) is 19.8. The van der Waals surface area contributed by atoms with Gasteiger partial charge < -0.3 is 4.90 Å². The number of fused-ring (bicyclic) bond motifs is 1. The minimum Gasteiger partial charge on any atom is -0.335 e. The largest absolute Gasteiger partial charge is 0.335 e. The van der Waals surface area contributed by atoms with E-state index in [0.717, 1.165) is 32.1 Å². The van der Waals surface area contributed by atoms with E-state index in [1.165, 1.54) is 49.8 Å². The van der Waals surface area contributed by atoms with Crippen LogP contribution in [0.3, 0.4) is 0 Å². The molecule has 29 heavy (non-hydrogen) atoms. The average molecular weight is 413 g/mol. The molecule has 3 atom stereocenters. The van der Waals surface area contributed by atoms with Gasteiger partial charge in [-0.25, -0.2) is 4.39 Å². The van der Waals surface area contributed by atoms with Crippen molar-refractivity contribution >= 4 is 17.2 Å². The third-order valence-corrected chi connectivity index (χ3v) is 8.08. The smallest absolute Gasteiger partial charge is 0.254 e. The Morgan fingerprint density at radius 1 is 1.00 bits per heavy atom. The average Bonchev–Trinajstić information content (AvgIpc) is 3.42. The summed E-state index contributed by atoms with van der Waals surface area (Å²) < 4.78 is 13.3. The number of halogens is 1. The Balaban J connectivity index is 1.39. The van der Waals surface area contributed by atoms with E-state index in [-0.39, 0.29) is 17.8 Å². The van der Waals surface area contributed by atoms with Gasteiger partial charge in [0.15, 0.2) is 0 Å². The summed E-state index contributed by atoms with van der Waals surface area (Å²) in [4.78, 5) is 18.1. The highest BCUT2D eigenvalue weighted by molar-refractivity contribution is 7.08. The molecule has 1 aromatic heterocycles. The second kappa shape index (κ2) is 8.19. The van der Waals surface area contributed by atoms with E-state index in [0.29, 0.717) is 17.4 Å². The summed E-state index contributed by atoms with van der Waals surface area (Å²) in [6, 6.07) is 9.29. The number of benzene rings is 1. The number of carbonyl (C=O) groups is 1. The van der Waals surface area contributed by atoms with Crippen LogP contribution in [-0.4, -0.2) is 47.4 Å². The summed E-state index contributed by atoms with van der Waals surface area (Å²) in [6.07, 6.45) is 7.82. The predicted molar refractivity (Wildman–Crippen MR) is 115 cm³/mol. The highest BCUT2D eigenvalue weighted by atomic mass is 32.1. The highest BCUT2D eigenvalue weighted by Crippen LogP contribution is 2.43. The maximum absolute atomic E-state index is 13.3. The molecule has 0 bridgehead atoms. The monoisotopic (exact) mass is 412 g/mol. The third kappa shape index (κ3) is 3.75. The lowest BCUT2D eigenvalue weighted by Gasteiger charge is -2.43. The summed E-state index contributed by atoms with van der Waals surface area (Å²) in [5, 5.41) is 4.41. The molecule has 2 saturated heterocycles. The molecule has 3 fully saturated rings. The Kier molecular flexibility index (Phi) is 5.44. The van der Waals surface area contributed by atoms with Crippen LogP contribution in [0.5, 0.6) is 0 Å². The van der Waals surface area contributed by atoms with E-state index >= 15 is 0 Å². The molecule has 1 amide bonds. The van der Waals surface area contributed by atoms with E-state index < -0.39 is 0 Å². The normalized spacial score (nSPS) is 28.4. The zero-order valence-electron chi connectivity index (χ0n) is 16.8. The van der Waals surface area contributed by atoms with Gasteiger partial charge in [0, 0.05) is 49.1 Å². The fraction of sp³-hybridized carbons (Fsp3) is 0.542. The quantitative estimate of drug-likeness (QED) is 0.696. The standard InChI is InChI=1S/C24H29FN2OS/c25-19-8-6-17(7-9-19)24(28)27-15-21(18-11-13-29-16-18)22-14-26(12-10-23(22)27)20-4-2-1-3-5-20/h6-9,11,13,16,20-23H,1-5,10,12,14-15H2/t21-,22-,23-/m0/s1. The molecular weight excluding hydrogens is 383 g/mol. The van der Waals surface area contributed by atoms with Gasteiger partial charge >= 0.3 is 0 Å². The molecular formula is C24H29FN2OS. The first kappa shape index (κ1) is 19.3. The predicted octanol–water partition coefficient (Wildman–Crippen LogP) is 5.15. The summed E-state index contributed by atoms with van der Waals surface area (Å²) in [5.41, 5.74) is 1.98. The summed E-state index contributed by atoms with van der Waals surface area (Å²) in [7, 11) is 0. The van der Waals surface area contributed by atoms with Gasteiger partial charge in [-0.15, -0.1) is 0 Å². The van der Waals surface area contributed by atoms with Crippen molar-refractivity contribution in [3.05, 3.63) is 58.0 Å². The van der Waals surface area contributed by atoms with E-state index in [9.17, 15) is 9.18 Å². The molecule has 5 heteroatoms. The van der Waals surface area contributed by atoms with Gasteiger partial charge in [-0.2, -0.15) is 11.3 Å². The van der Waals surface area contributed by atoms with Crippen LogP contribution in [0, 0.1) is 11.7 Å². The number of thiophene rings is 1. The molecule has 0 unspecified atom stereocenters. The summed E-state index contributed by atoms with van der Waals surface area (Å²) in [6.45, 7) is 2.97. The fourth-order valence-electron chi connectivity index (χ4n) is 5.87. The Labute approximate surface area is 176 Å². The molecule has 0 spiro atoms. The van der Waals surface area contributed by atoms with Gasteiger partial charge in [-0.05, 0) is 65.9 Å². The van der Waals surface area contributed by atoms with Crippen LogP contribution in [0.4, 0.5) is 4.39 Å². The van der Waals surface area contributed by atoms with Crippen molar-refractivity contribution in [1.82, 2.24) is 9.80 Å². The minimum atomic E-state index is -0.294. The van der Waals surface area contributed by atoms with Crippen molar-refractivity contribution in [3.63, 3.8) is 0 Å². The van der Waals surface area contributed by atoms with Crippen molar-refractivity contribution in [2.24, 2.45) is 5.92 Å². The Morgan fingerprint density at radius 3 is 2.52 bits per heavy atom. The Morgan fingerprint density at radius 2 is 1.79 bits per heavy atom.